The molecular weight excluding hydrogens is 290 g/mol. The maximum absolute atomic E-state index is 13.5. The summed E-state index contributed by atoms with van der Waals surface area (Å²) in [6.07, 6.45) is 3.08. The summed E-state index contributed by atoms with van der Waals surface area (Å²) in [4.78, 5) is 6.21. The number of alkyl halides is 1. The Labute approximate surface area is 108 Å². The minimum Gasteiger partial charge on any atom is -0.354 e. The molecule has 1 saturated heterocycles. The van der Waals surface area contributed by atoms with Crippen LogP contribution in [0.15, 0.2) is 12.3 Å². The topological polar surface area (TPSA) is 16.1 Å². The van der Waals surface area contributed by atoms with Gasteiger partial charge in [-0.1, -0.05) is 22.9 Å². The molecular formula is C12H15BrF2N2. The van der Waals surface area contributed by atoms with Gasteiger partial charge in [0.05, 0.1) is 6.20 Å². The van der Waals surface area contributed by atoms with Crippen LogP contribution in [0.25, 0.3) is 0 Å². The molecule has 17 heavy (non-hydrogen) atoms. The molecule has 2 nitrogen and oxygen atoms in total. The van der Waals surface area contributed by atoms with Gasteiger partial charge in [0.1, 0.15) is 5.82 Å². The fourth-order valence-corrected chi connectivity index (χ4v) is 2.74. The molecule has 1 aliphatic heterocycles. The molecule has 2 rings (SSSR count). The minimum absolute atomic E-state index is 0.270. The van der Waals surface area contributed by atoms with Crippen molar-refractivity contribution in [3.8, 4) is 0 Å². The van der Waals surface area contributed by atoms with E-state index in [0.717, 1.165) is 38.2 Å². The number of rotatable bonds is 2. The summed E-state index contributed by atoms with van der Waals surface area (Å²) < 4.78 is 26.3. The van der Waals surface area contributed by atoms with Gasteiger partial charge in [-0.05, 0) is 18.8 Å². The van der Waals surface area contributed by atoms with Crippen molar-refractivity contribution in [2.24, 2.45) is 5.92 Å². The second-order valence-corrected chi connectivity index (χ2v) is 5.91. The fraction of sp³-hybridized carbons (Fsp3) is 0.583. The highest BCUT2D eigenvalue weighted by Crippen LogP contribution is 2.28. The molecule has 0 aliphatic carbocycles. The van der Waals surface area contributed by atoms with E-state index in [1.54, 1.807) is 0 Å². The Kier molecular flexibility index (Phi) is 3.97. The van der Waals surface area contributed by atoms with Crippen LogP contribution in [0.2, 0.25) is 0 Å². The molecule has 1 aromatic heterocycles. The normalized spacial score (nSPS) is 19.4. The average Bonchev–Trinajstić information content (AvgIpc) is 2.29. The Morgan fingerprint density at radius 2 is 2.06 bits per heavy atom. The Balaban J connectivity index is 2.05. The Morgan fingerprint density at radius 1 is 1.41 bits per heavy atom. The Morgan fingerprint density at radius 3 is 2.59 bits per heavy atom. The van der Waals surface area contributed by atoms with Crippen molar-refractivity contribution < 1.29 is 8.78 Å². The molecule has 0 spiro atoms. The van der Waals surface area contributed by atoms with E-state index in [1.165, 1.54) is 0 Å². The number of hydrogen-bond acceptors (Lipinski definition) is 2. The second-order valence-electron chi connectivity index (χ2n) is 4.46. The summed E-state index contributed by atoms with van der Waals surface area (Å²) in [6.45, 7) is 3.68. The quantitative estimate of drug-likeness (QED) is 0.779. The SMILES string of the molecule is CC(Br)C1CCN(c2ncc(F)cc2F)CC1. The monoisotopic (exact) mass is 304 g/mol. The van der Waals surface area contributed by atoms with Crippen LogP contribution in [-0.4, -0.2) is 22.9 Å². The molecule has 0 saturated carbocycles. The first-order valence-corrected chi connectivity index (χ1v) is 6.69. The van der Waals surface area contributed by atoms with E-state index < -0.39 is 11.6 Å². The molecule has 1 aromatic rings. The van der Waals surface area contributed by atoms with E-state index in [2.05, 4.69) is 27.8 Å². The number of anilines is 1. The van der Waals surface area contributed by atoms with E-state index in [-0.39, 0.29) is 5.82 Å². The van der Waals surface area contributed by atoms with Crippen molar-refractivity contribution >= 4 is 21.7 Å². The summed E-state index contributed by atoms with van der Waals surface area (Å²) in [5, 5.41) is 0. The first kappa shape index (κ1) is 12.7. The van der Waals surface area contributed by atoms with E-state index in [4.69, 9.17) is 0 Å². The predicted molar refractivity (Wildman–Crippen MR) is 67.5 cm³/mol. The van der Waals surface area contributed by atoms with E-state index in [0.29, 0.717) is 10.7 Å². The minimum atomic E-state index is -0.629. The Bertz CT molecular complexity index is 390. The van der Waals surface area contributed by atoms with Gasteiger partial charge >= 0.3 is 0 Å². The molecule has 1 unspecified atom stereocenters. The number of piperidine rings is 1. The lowest BCUT2D eigenvalue weighted by Gasteiger charge is -2.34. The van der Waals surface area contributed by atoms with Crippen molar-refractivity contribution in [1.82, 2.24) is 4.98 Å². The number of hydrogen-bond donors (Lipinski definition) is 0. The smallest absolute Gasteiger partial charge is 0.168 e. The lowest BCUT2D eigenvalue weighted by atomic mass is 9.94. The second kappa shape index (κ2) is 5.29. The van der Waals surface area contributed by atoms with Crippen LogP contribution in [-0.2, 0) is 0 Å². The van der Waals surface area contributed by atoms with Crippen molar-refractivity contribution in [1.29, 1.82) is 0 Å². The standard InChI is InChI=1S/C12H15BrF2N2/c1-8(13)9-2-4-17(5-3-9)12-11(15)6-10(14)7-16-12/h6-9H,2-5H2,1H3. The summed E-state index contributed by atoms with van der Waals surface area (Å²) in [6, 6.07) is 0.890. The third-order valence-corrected chi connectivity index (χ3v) is 4.02. The fourth-order valence-electron chi connectivity index (χ4n) is 2.21. The molecule has 1 aliphatic rings. The largest absolute Gasteiger partial charge is 0.354 e. The van der Waals surface area contributed by atoms with Gasteiger partial charge in [0.15, 0.2) is 11.6 Å². The molecule has 1 atom stereocenters. The van der Waals surface area contributed by atoms with E-state index >= 15 is 0 Å². The van der Waals surface area contributed by atoms with Crippen LogP contribution >= 0.6 is 15.9 Å². The summed E-state index contributed by atoms with van der Waals surface area (Å²) in [5.74, 6) is -0.313. The Hall–Kier alpha value is -0.710. The predicted octanol–water partition coefficient (Wildman–Crippen LogP) is 3.36. The van der Waals surface area contributed by atoms with Crippen LogP contribution in [0.4, 0.5) is 14.6 Å². The van der Waals surface area contributed by atoms with E-state index in [1.807, 2.05) is 4.90 Å². The van der Waals surface area contributed by atoms with Gasteiger partial charge < -0.3 is 4.90 Å². The van der Waals surface area contributed by atoms with E-state index in [9.17, 15) is 8.78 Å². The highest BCUT2D eigenvalue weighted by atomic mass is 79.9. The lowest BCUT2D eigenvalue weighted by Crippen LogP contribution is -2.36. The highest BCUT2D eigenvalue weighted by Gasteiger charge is 2.24. The maximum atomic E-state index is 13.5. The average molecular weight is 305 g/mol. The maximum Gasteiger partial charge on any atom is 0.168 e. The summed E-state index contributed by atoms with van der Waals surface area (Å²) in [5.41, 5.74) is 0. The molecule has 0 amide bonds. The molecule has 0 N–H and O–H groups in total. The van der Waals surface area contributed by atoms with Crippen LogP contribution in [0, 0.1) is 17.6 Å². The van der Waals surface area contributed by atoms with Crippen LogP contribution in [0.1, 0.15) is 19.8 Å². The van der Waals surface area contributed by atoms with Crippen molar-refractivity contribution in [2.75, 3.05) is 18.0 Å². The number of nitrogens with zero attached hydrogens (tertiary/aromatic N) is 2. The third kappa shape index (κ3) is 2.94. The molecule has 0 aromatic carbocycles. The first-order chi connectivity index (χ1) is 8.08. The van der Waals surface area contributed by atoms with Gasteiger partial charge in [-0.25, -0.2) is 13.8 Å². The van der Waals surface area contributed by atoms with Crippen molar-refractivity contribution in [2.45, 2.75) is 24.6 Å². The van der Waals surface area contributed by atoms with Crippen LogP contribution < -0.4 is 4.90 Å². The van der Waals surface area contributed by atoms with Gasteiger partial charge in [-0.2, -0.15) is 0 Å². The third-order valence-electron chi connectivity index (χ3n) is 3.28. The molecule has 0 bridgehead atoms. The number of pyridine rings is 1. The summed E-state index contributed by atoms with van der Waals surface area (Å²) >= 11 is 3.58. The van der Waals surface area contributed by atoms with Crippen LogP contribution in [0.5, 0.6) is 0 Å². The zero-order chi connectivity index (χ0) is 12.4. The molecule has 94 valence electrons. The van der Waals surface area contributed by atoms with Gasteiger partial charge in [0.25, 0.3) is 0 Å². The molecule has 0 radical (unpaired) electrons. The van der Waals surface area contributed by atoms with Crippen molar-refractivity contribution in [3.63, 3.8) is 0 Å². The molecule has 5 heteroatoms. The van der Waals surface area contributed by atoms with Gasteiger partial charge in [-0.3, -0.25) is 0 Å². The highest BCUT2D eigenvalue weighted by molar-refractivity contribution is 9.09. The van der Waals surface area contributed by atoms with Gasteiger partial charge in [-0.15, -0.1) is 0 Å². The lowest BCUT2D eigenvalue weighted by molar-refractivity contribution is 0.402. The number of halogens is 3. The van der Waals surface area contributed by atoms with Gasteiger partial charge in [0.2, 0.25) is 0 Å². The van der Waals surface area contributed by atoms with Crippen LogP contribution in [0.3, 0.4) is 0 Å². The summed E-state index contributed by atoms with van der Waals surface area (Å²) in [7, 11) is 0. The molecule has 1 fully saturated rings. The van der Waals surface area contributed by atoms with Gasteiger partial charge in [0, 0.05) is 24.0 Å². The first-order valence-electron chi connectivity index (χ1n) is 5.78. The number of aromatic nitrogens is 1. The zero-order valence-corrected chi connectivity index (χ0v) is 11.3. The molecule has 2 heterocycles. The zero-order valence-electron chi connectivity index (χ0n) is 9.67. The van der Waals surface area contributed by atoms with Crippen molar-refractivity contribution in [3.05, 3.63) is 23.9 Å².